The summed E-state index contributed by atoms with van der Waals surface area (Å²) < 4.78 is 1.62. The Kier molecular flexibility index (Phi) is 2.99. The summed E-state index contributed by atoms with van der Waals surface area (Å²) in [5.41, 5.74) is 1.84. The minimum Gasteiger partial charge on any atom is -0.328 e. The molecule has 4 nitrogen and oxygen atoms in total. The van der Waals surface area contributed by atoms with E-state index in [2.05, 4.69) is 4.98 Å². The molecule has 0 saturated heterocycles. The largest absolute Gasteiger partial charge is 0.328 e. The third-order valence-corrected chi connectivity index (χ3v) is 3.36. The Balaban J connectivity index is 2.08. The summed E-state index contributed by atoms with van der Waals surface area (Å²) in [6, 6.07) is 11.2. The van der Waals surface area contributed by atoms with Crippen LogP contribution in [0.15, 0.2) is 58.4 Å². The predicted molar refractivity (Wildman–Crippen MR) is 79.1 cm³/mol. The van der Waals surface area contributed by atoms with Gasteiger partial charge in [-0.3, -0.25) is 9.59 Å². The average Bonchev–Trinajstić information content (AvgIpc) is 2.45. The molecule has 1 N–H and O–H groups in total. The van der Waals surface area contributed by atoms with Crippen molar-refractivity contribution in [2.24, 2.45) is 0 Å². The van der Waals surface area contributed by atoms with Crippen molar-refractivity contribution < 1.29 is 0 Å². The fourth-order valence-electron chi connectivity index (χ4n) is 2.21. The van der Waals surface area contributed by atoms with Gasteiger partial charge < -0.3 is 9.55 Å². The highest BCUT2D eigenvalue weighted by Gasteiger charge is 2.04. The fourth-order valence-corrected chi connectivity index (χ4v) is 2.21. The van der Waals surface area contributed by atoms with Crippen LogP contribution in [-0.2, 0) is 6.54 Å². The summed E-state index contributed by atoms with van der Waals surface area (Å²) >= 11 is 0. The molecule has 0 aliphatic rings. The van der Waals surface area contributed by atoms with Crippen LogP contribution in [0.2, 0.25) is 0 Å². The number of hydrogen-bond acceptors (Lipinski definition) is 2. The summed E-state index contributed by atoms with van der Waals surface area (Å²) in [4.78, 5) is 26.3. The van der Waals surface area contributed by atoms with E-state index < -0.39 is 0 Å². The summed E-state index contributed by atoms with van der Waals surface area (Å²) in [5, 5.41) is 1.19. The molecule has 2 heterocycles. The van der Waals surface area contributed by atoms with Gasteiger partial charge in [-0.25, -0.2) is 0 Å². The van der Waals surface area contributed by atoms with Crippen LogP contribution in [-0.4, -0.2) is 9.55 Å². The quantitative estimate of drug-likeness (QED) is 0.771. The molecule has 3 rings (SSSR count). The minimum atomic E-state index is -0.261. The van der Waals surface area contributed by atoms with Crippen LogP contribution in [0.5, 0.6) is 0 Å². The van der Waals surface area contributed by atoms with E-state index in [1.165, 1.54) is 11.6 Å². The third kappa shape index (κ3) is 2.28. The topological polar surface area (TPSA) is 54.9 Å². The molecular formula is C16H14N2O2. The zero-order chi connectivity index (χ0) is 14.1. The van der Waals surface area contributed by atoms with Gasteiger partial charge in [0.1, 0.15) is 0 Å². The molecule has 0 spiro atoms. The lowest BCUT2D eigenvalue weighted by atomic mass is 10.1. The number of fused-ring (bicyclic) bond motifs is 1. The molecule has 0 aliphatic carbocycles. The number of aromatic nitrogens is 2. The third-order valence-electron chi connectivity index (χ3n) is 3.36. The summed E-state index contributed by atoms with van der Waals surface area (Å²) in [7, 11) is 0. The number of nitrogens with zero attached hydrogens (tertiary/aromatic N) is 1. The van der Waals surface area contributed by atoms with Crippen molar-refractivity contribution in [2.75, 3.05) is 0 Å². The van der Waals surface area contributed by atoms with Gasteiger partial charge in [-0.2, -0.15) is 0 Å². The number of pyridine rings is 2. The van der Waals surface area contributed by atoms with Gasteiger partial charge in [0.15, 0.2) is 0 Å². The molecule has 3 aromatic rings. The number of hydrogen-bond donors (Lipinski definition) is 1. The number of aromatic amines is 1. The summed E-state index contributed by atoms with van der Waals surface area (Å²) in [5.74, 6) is 0. The number of benzene rings is 1. The van der Waals surface area contributed by atoms with Gasteiger partial charge in [0.05, 0.1) is 11.9 Å². The predicted octanol–water partition coefficient (Wildman–Crippen LogP) is 2.05. The van der Waals surface area contributed by atoms with Gasteiger partial charge in [-0.05, 0) is 18.6 Å². The Morgan fingerprint density at radius 3 is 2.60 bits per heavy atom. The Morgan fingerprint density at radius 2 is 1.85 bits per heavy atom. The highest BCUT2D eigenvalue weighted by atomic mass is 16.1. The van der Waals surface area contributed by atoms with E-state index >= 15 is 0 Å². The van der Waals surface area contributed by atoms with Crippen molar-refractivity contribution in [3.63, 3.8) is 0 Å². The smallest absolute Gasteiger partial charge is 0.258 e. The Labute approximate surface area is 115 Å². The van der Waals surface area contributed by atoms with E-state index in [1.54, 1.807) is 17.0 Å². The van der Waals surface area contributed by atoms with Crippen LogP contribution < -0.4 is 11.1 Å². The molecule has 0 bridgehead atoms. The first kappa shape index (κ1) is 12.4. The molecule has 4 heteroatoms. The number of aryl methyl sites for hydroxylation is 1. The SMILES string of the molecule is Cc1ccc(Cn2ccc3c[nH]c(=O)cc3c2=O)cc1. The van der Waals surface area contributed by atoms with Crippen molar-refractivity contribution in [1.82, 2.24) is 9.55 Å². The van der Waals surface area contributed by atoms with Crippen LogP contribution in [0.4, 0.5) is 0 Å². The molecule has 0 aliphatic heterocycles. The Hall–Kier alpha value is -2.62. The minimum absolute atomic E-state index is 0.144. The Bertz CT molecular complexity index is 873. The van der Waals surface area contributed by atoms with Crippen molar-refractivity contribution in [3.05, 3.63) is 80.6 Å². The van der Waals surface area contributed by atoms with Crippen LogP contribution in [0.25, 0.3) is 10.8 Å². The molecular weight excluding hydrogens is 252 g/mol. The van der Waals surface area contributed by atoms with Crippen LogP contribution in [0.3, 0.4) is 0 Å². The lowest BCUT2D eigenvalue weighted by molar-refractivity contribution is 0.767. The molecule has 0 saturated carbocycles. The second-order valence-corrected chi connectivity index (χ2v) is 4.90. The van der Waals surface area contributed by atoms with Gasteiger partial charge >= 0.3 is 0 Å². The second-order valence-electron chi connectivity index (χ2n) is 4.90. The maximum atomic E-state index is 12.4. The molecule has 2 aromatic heterocycles. The number of nitrogens with one attached hydrogen (secondary N) is 1. The van der Waals surface area contributed by atoms with E-state index in [1.807, 2.05) is 37.3 Å². The summed E-state index contributed by atoms with van der Waals surface area (Å²) in [6.45, 7) is 2.53. The fraction of sp³-hybridized carbons (Fsp3) is 0.125. The molecule has 0 fully saturated rings. The Morgan fingerprint density at radius 1 is 1.10 bits per heavy atom. The number of H-pyrrole nitrogens is 1. The molecule has 0 unspecified atom stereocenters. The van der Waals surface area contributed by atoms with Gasteiger partial charge in [-0.1, -0.05) is 29.8 Å². The van der Waals surface area contributed by atoms with Gasteiger partial charge in [0.2, 0.25) is 5.56 Å². The molecule has 0 atom stereocenters. The first-order valence-electron chi connectivity index (χ1n) is 6.41. The normalized spacial score (nSPS) is 10.8. The molecule has 100 valence electrons. The van der Waals surface area contributed by atoms with E-state index in [4.69, 9.17) is 0 Å². The van der Waals surface area contributed by atoms with Crippen molar-refractivity contribution in [2.45, 2.75) is 13.5 Å². The van der Waals surface area contributed by atoms with Crippen LogP contribution >= 0.6 is 0 Å². The van der Waals surface area contributed by atoms with Gasteiger partial charge in [0.25, 0.3) is 5.56 Å². The maximum Gasteiger partial charge on any atom is 0.258 e. The lowest BCUT2D eigenvalue weighted by Gasteiger charge is -2.07. The lowest BCUT2D eigenvalue weighted by Crippen LogP contribution is -2.21. The van der Waals surface area contributed by atoms with E-state index in [0.29, 0.717) is 11.9 Å². The summed E-state index contributed by atoms with van der Waals surface area (Å²) in [6.07, 6.45) is 3.32. The zero-order valence-corrected chi connectivity index (χ0v) is 11.1. The molecule has 0 radical (unpaired) electrons. The highest BCUT2D eigenvalue weighted by molar-refractivity contribution is 5.80. The van der Waals surface area contributed by atoms with Crippen molar-refractivity contribution >= 4 is 10.8 Å². The second kappa shape index (κ2) is 4.81. The molecule has 20 heavy (non-hydrogen) atoms. The van der Waals surface area contributed by atoms with E-state index in [-0.39, 0.29) is 11.1 Å². The van der Waals surface area contributed by atoms with Gasteiger partial charge in [-0.15, -0.1) is 0 Å². The van der Waals surface area contributed by atoms with Crippen molar-refractivity contribution in [1.29, 1.82) is 0 Å². The highest BCUT2D eigenvalue weighted by Crippen LogP contribution is 2.08. The molecule has 1 aromatic carbocycles. The average molecular weight is 266 g/mol. The zero-order valence-electron chi connectivity index (χ0n) is 11.1. The van der Waals surface area contributed by atoms with Crippen molar-refractivity contribution in [3.8, 4) is 0 Å². The molecule has 0 amide bonds. The standard InChI is InChI=1S/C16H14N2O2/c1-11-2-4-12(5-3-11)10-18-7-6-13-9-17-15(19)8-14(13)16(18)20/h2-9H,10H2,1H3,(H,17,19). The first-order chi connectivity index (χ1) is 9.63. The van der Waals surface area contributed by atoms with E-state index in [9.17, 15) is 9.59 Å². The monoisotopic (exact) mass is 266 g/mol. The van der Waals surface area contributed by atoms with Crippen LogP contribution in [0.1, 0.15) is 11.1 Å². The van der Waals surface area contributed by atoms with Crippen LogP contribution in [0, 0.1) is 6.92 Å². The maximum absolute atomic E-state index is 12.4. The first-order valence-corrected chi connectivity index (χ1v) is 6.41. The van der Waals surface area contributed by atoms with Gasteiger partial charge in [0, 0.05) is 23.8 Å². The number of rotatable bonds is 2. The van der Waals surface area contributed by atoms with E-state index in [0.717, 1.165) is 10.9 Å².